The van der Waals surface area contributed by atoms with Crippen molar-refractivity contribution in [1.82, 2.24) is 0 Å². The van der Waals surface area contributed by atoms with Gasteiger partial charge < -0.3 is 9.84 Å². The summed E-state index contributed by atoms with van der Waals surface area (Å²) in [5.74, 6) is -0.635. The van der Waals surface area contributed by atoms with E-state index in [0.29, 0.717) is 0 Å². The molecule has 0 bridgehead atoms. The molecule has 0 unspecified atom stereocenters. The quantitative estimate of drug-likeness (QED) is 0.733. The zero-order chi connectivity index (χ0) is 9.90. The Morgan fingerprint density at radius 3 is 2.38 bits per heavy atom. The average Bonchev–Trinajstić information content (AvgIpc) is 2.17. The maximum atomic E-state index is 11.1. The van der Waals surface area contributed by atoms with E-state index in [1.807, 2.05) is 6.92 Å². The SMILES string of the molecule is CCC1(C(=O)O)CCC(OC)CC1. The minimum Gasteiger partial charge on any atom is -0.481 e. The van der Waals surface area contributed by atoms with Gasteiger partial charge in [-0.1, -0.05) is 6.92 Å². The second-order valence-corrected chi connectivity index (χ2v) is 3.87. The van der Waals surface area contributed by atoms with Gasteiger partial charge >= 0.3 is 5.97 Å². The number of ether oxygens (including phenoxy) is 1. The van der Waals surface area contributed by atoms with Crippen LogP contribution in [0, 0.1) is 5.41 Å². The zero-order valence-corrected chi connectivity index (χ0v) is 8.38. The fourth-order valence-electron chi connectivity index (χ4n) is 2.10. The van der Waals surface area contributed by atoms with E-state index in [4.69, 9.17) is 9.84 Å². The van der Waals surface area contributed by atoms with Crippen LogP contribution in [0.4, 0.5) is 0 Å². The summed E-state index contributed by atoms with van der Waals surface area (Å²) in [7, 11) is 1.70. The highest BCUT2D eigenvalue weighted by molar-refractivity contribution is 5.74. The Bertz CT molecular complexity index is 181. The Morgan fingerprint density at radius 1 is 1.54 bits per heavy atom. The van der Waals surface area contributed by atoms with E-state index in [1.54, 1.807) is 7.11 Å². The smallest absolute Gasteiger partial charge is 0.309 e. The summed E-state index contributed by atoms with van der Waals surface area (Å²) in [5, 5.41) is 9.11. The highest BCUT2D eigenvalue weighted by atomic mass is 16.5. The molecule has 13 heavy (non-hydrogen) atoms. The molecule has 0 atom stereocenters. The van der Waals surface area contributed by atoms with Crippen molar-refractivity contribution in [2.75, 3.05) is 7.11 Å². The fourth-order valence-corrected chi connectivity index (χ4v) is 2.10. The Labute approximate surface area is 79.1 Å². The van der Waals surface area contributed by atoms with Crippen molar-refractivity contribution in [3.05, 3.63) is 0 Å². The number of carboxylic acids is 1. The van der Waals surface area contributed by atoms with E-state index in [-0.39, 0.29) is 6.10 Å². The van der Waals surface area contributed by atoms with E-state index in [1.165, 1.54) is 0 Å². The van der Waals surface area contributed by atoms with Crippen LogP contribution in [0.2, 0.25) is 0 Å². The van der Waals surface area contributed by atoms with Crippen LogP contribution in [0.5, 0.6) is 0 Å². The molecule has 0 heterocycles. The summed E-state index contributed by atoms with van der Waals surface area (Å²) < 4.78 is 5.22. The van der Waals surface area contributed by atoms with Gasteiger partial charge in [0.1, 0.15) is 0 Å². The molecular formula is C10H18O3. The van der Waals surface area contributed by atoms with Gasteiger partial charge in [0.15, 0.2) is 0 Å². The monoisotopic (exact) mass is 186 g/mol. The molecule has 0 radical (unpaired) electrons. The van der Waals surface area contributed by atoms with Crippen LogP contribution in [-0.2, 0) is 9.53 Å². The van der Waals surface area contributed by atoms with E-state index < -0.39 is 11.4 Å². The van der Waals surface area contributed by atoms with Crippen LogP contribution in [0.15, 0.2) is 0 Å². The first-order chi connectivity index (χ1) is 6.14. The van der Waals surface area contributed by atoms with Crippen LogP contribution < -0.4 is 0 Å². The maximum absolute atomic E-state index is 11.1. The summed E-state index contributed by atoms with van der Waals surface area (Å²) in [6.07, 6.45) is 4.31. The number of hydrogen-bond acceptors (Lipinski definition) is 2. The molecule has 0 amide bonds. The minimum absolute atomic E-state index is 0.277. The highest BCUT2D eigenvalue weighted by Crippen LogP contribution is 2.40. The van der Waals surface area contributed by atoms with Crippen molar-refractivity contribution in [3.63, 3.8) is 0 Å². The Kier molecular flexibility index (Phi) is 3.31. The summed E-state index contributed by atoms with van der Waals surface area (Å²) in [5.41, 5.74) is -0.463. The van der Waals surface area contributed by atoms with Crippen molar-refractivity contribution < 1.29 is 14.6 Å². The molecule has 1 N–H and O–H groups in total. The number of methoxy groups -OCH3 is 1. The lowest BCUT2D eigenvalue weighted by atomic mass is 9.71. The molecule has 76 valence electrons. The molecule has 1 saturated carbocycles. The van der Waals surface area contributed by atoms with E-state index in [9.17, 15) is 4.79 Å². The molecule has 0 aliphatic heterocycles. The molecule has 0 saturated heterocycles. The van der Waals surface area contributed by atoms with Crippen molar-refractivity contribution in [1.29, 1.82) is 0 Å². The van der Waals surface area contributed by atoms with Gasteiger partial charge in [-0.3, -0.25) is 4.79 Å². The van der Waals surface area contributed by atoms with Crippen molar-refractivity contribution in [2.24, 2.45) is 5.41 Å². The first-order valence-electron chi connectivity index (χ1n) is 4.91. The van der Waals surface area contributed by atoms with Crippen LogP contribution in [0.3, 0.4) is 0 Å². The second-order valence-electron chi connectivity index (χ2n) is 3.87. The van der Waals surface area contributed by atoms with Gasteiger partial charge in [0.2, 0.25) is 0 Å². The molecule has 1 fully saturated rings. The molecular weight excluding hydrogens is 168 g/mol. The molecule has 0 aromatic rings. The molecule has 1 aliphatic carbocycles. The number of carbonyl (C=O) groups is 1. The van der Waals surface area contributed by atoms with Crippen LogP contribution >= 0.6 is 0 Å². The fraction of sp³-hybridized carbons (Fsp3) is 0.900. The maximum Gasteiger partial charge on any atom is 0.309 e. The Balaban J connectivity index is 2.58. The van der Waals surface area contributed by atoms with Gasteiger partial charge in [0, 0.05) is 7.11 Å². The van der Waals surface area contributed by atoms with Gasteiger partial charge in [-0.15, -0.1) is 0 Å². The van der Waals surface area contributed by atoms with Crippen LogP contribution in [0.25, 0.3) is 0 Å². The lowest BCUT2D eigenvalue weighted by Gasteiger charge is -2.35. The summed E-state index contributed by atoms with van der Waals surface area (Å²) in [6, 6.07) is 0. The van der Waals surface area contributed by atoms with Gasteiger partial charge in [-0.25, -0.2) is 0 Å². The van der Waals surface area contributed by atoms with E-state index >= 15 is 0 Å². The molecule has 0 aromatic carbocycles. The van der Waals surface area contributed by atoms with Gasteiger partial charge in [-0.05, 0) is 32.1 Å². The zero-order valence-electron chi connectivity index (χ0n) is 8.38. The molecule has 1 rings (SSSR count). The van der Waals surface area contributed by atoms with Gasteiger partial charge in [0.05, 0.1) is 11.5 Å². The first kappa shape index (κ1) is 10.5. The highest BCUT2D eigenvalue weighted by Gasteiger charge is 2.40. The van der Waals surface area contributed by atoms with E-state index in [2.05, 4.69) is 0 Å². The Hall–Kier alpha value is -0.570. The summed E-state index contributed by atoms with van der Waals surface area (Å²) in [6.45, 7) is 1.96. The lowest BCUT2D eigenvalue weighted by Crippen LogP contribution is -2.36. The van der Waals surface area contributed by atoms with Crippen LogP contribution in [0.1, 0.15) is 39.0 Å². The third-order valence-electron chi connectivity index (χ3n) is 3.35. The average molecular weight is 186 g/mol. The van der Waals surface area contributed by atoms with E-state index in [0.717, 1.165) is 32.1 Å². The first-order valence-corrected chi connectivity index (χ1v) is 4.91. The number of rotatable bonds is 3. The molecule has 0 spiro atoms. The number of hydrogen-bond donors (Lipinski definition) is 1. The van der Waals surface area contributed by atoms with Crippen molar-refractivity contribution >= 4 is 5.97 Å². The minimum atomic E-state index is -0.635. The Morgan fingerprint density at radius 2 is 2.08 bits per heavy atom. The third-order valence-corrected chi connectivity index (χ3v) is 3.35. The predicted octanol–water partition coefficient (Wildman–Crippen LogP) is 2.06. The van der Waals surface area contributed by atoms with Gasteiger partial charge in [0.25, 0.3) is 0 Å². The summed E-state index contributed by atoms with van der Waals surface area (Å²) in [4.78, 5) is 11.1. The normalized spacial score (nSPS) is 34.5. The van der Waals surface area contributed by atoms with Crippen LogP contribution in [-0.4, -0.2) is 24.3 Å². The van der Waals surface area contributed by atoms with Gasteiger partial charge in [-0.2, -0.15) is 0 Å². The molecule has 0 aromatic heterocycles. The molecule has 3 heteroatoms. The lowest BCUT2D eigenvalue weighted by molar-refractivity contribution is -0.153. The topological polar surface area (TPSA) is 46.5 Å². The number of carboxylic acid groups (broad SMARTS) is 1. The molecule has 3 nitrogen and oxygen atoms in total. The van der Waals surface area contributed by atoms with Crippen molar-refractivity contribution in [2.45, 2.75) is 45.1 Å². The molecule has 1 aliphatic rings. The second kappa shape index (κ2) is 4.09. The number of aliphatic carboxylic acids is 1. The third kappa shape index (κ3) is 2.02. The summed E-state index contributed by atoms with van der Waals surface area (Å²) >= 11 is 0. The van der Waals surface area contributed by atoms with Crippen molar-refractivity contribution in [3.8, 4) is 0 Å². The largest absolute Gasteiger partial charge is 0.481 e. The predicted molar refractivity (Wildman–Crippen MR) is 49.6 cm³/mol. The standard InChI is InChI=1S/C10H18O3/c1-3-10(9(11)12)6-4-8(13-2)5-7-10/h8H,3-7H2,1-2H3,(H,11,12).